The van der Waals surface area contributed by atoms with Crippen LogP contribution in [0.4, 0.5) is 0 Å². The van der Waals surface area contributed by atoms with Crippen molar-refractivity contribution < 1.29 is 14.7 Å². The van der Waals surface area contributed by atoms with Crippen molar-refractivity contribution in [3.05, 3.63) is 34.9 Å². The van der Waals surface area contributed by atoms with E-state index in [1.807, 2.05) is 24.3 Å². The van der Waals surface area contributed by atoms with E-state index in [4.69, 9.17) is 16.7 Å². The summed E-state index contributed by atoms with van der Waals surface area (Å²) in [5, 5.41) is 12.3. The molecule has 2 rings (SSSR count). The molecule has 1 aliphatic carbocycles. The molecule has 0 bridgehead atoms. The molecule has 0 heterocycles. The normalized spacial score (nSPS) is 15.2. The molecule has 1 aliphatic rings. The fourth-order valence-electron chi connectivity index (χ4n) is 2.84. The van der Waals surface area contributed by atoms with Crippen molar-refractivity contribution in [2.75, 3.05) is 6.54 Å². The molecule has 0 radical (unpaired) electrons. The monoisotopic (exact) mass is 337 g/mol. The van der Waals surface area contributed by atoms with Crippen LogP contribution in [0.1, 0.15) is 56.9 Å². The highest BCUT2D eigenvalue weighted by atomic mass is 35.5. The quantitative estimate of drug-likeness (QED) is 0.636. The van der Waals surface area contributed by atoms with Crippen LogP contribution in [0.3, 0.4) is 0 Å². The van der Waals surface area contributed by atoms with Crippen molar-refractivity contribution in [2.24, 2.45) is 0 Å². The number of halogens is 1. The number of aliphatic carboxylic acids is 1. The second kappa shape index (κ2) is 8.34. The summed E-state index contributed by atoms with van der Waals surface area (Å²) in [6, 6.07) is 7.55. The van der Waals surface area contributed by atoms with Crippen molar-refractivity contribution in [3.63, 3.8) is 0 Å². The predicted octanol–water partition coefficient (Wildman–Crippen LogP) is 3.91. The number of rotatable bonds is 10. The average Bonchev–Trinajstić information content (AvgIpc) is 3.32. The molecule has 1 aromatic rings. The number of hydrogen-bond donors (Lipinski definition) is 2. The van der Waals surface area contributed by atoms with Crippen LogP contribution in [0, 0.1) is 0 Å². The number of carboxylic acids is 1. The fourth-order valence-corrected chi connectivity index (χ4v) is 2.97. The first kappa shape index (κ1) is 17.8. The zero-order chi connectivity index (χ0) is 16.7. The Morgan fingerprint density at radius 3 is 2.26 bits per heavy atom. The third-order valence-electron chi connectivity index (χ3n) is 4.43. The van der Waals surface area contributed by atoms with E-state index >= 15 is 0 Å². The lowest BCUT2D eigenvalue weighted by atomic mass is 9.95. The van der Waals surface area contributed by atoms with Gasteiger partial charge in [-0.2, -0.15) is 0 Å². The van der Waals surface area contributed by atoms with Crippen LogP contribution >= 0.6 is 11.6 Å². The molecule has 4 nitrogen and oxygen atoms in total. The molecule has 0 unspecified atom stereocenters. The molecular formula is C18H24ClNO3. The Hall–Kier alpha value is -1.55. The Morgan fingerprint density at radius 1 is 1.04 bits per heavy atom. The average molecular weight is 338 g/mol. The third kappa shape index (κ3) is 5.24. The second-order valence-electron chi connectivity index (χ2n) is 6.26. The van der Waals surface area contributed by atoms with E-state index in [-0.39, 0.29) is 17.7 Å². The van der Waals surface area contributed by atoms with Gasteiger partial charge < -0.3 is 10.4 Å². The molecule has 1 aromatic carbocycles. The third-order valence-corrected chi connectivity index (χ3v) is 4.69. The zero-order valence-corrected chi connectivity index (χ0v) is 14.1. The standard InChI is InChI=1S/C18H24ClNO3/c19-15-9-7-14(8-10-15)18(11-12-18)17(23)20-13-5-3-1-2-4-6-16(21)22/h7-10H,1-6,11-13H2,(H,20,23)(H,21,22). The number of benzene rings is 1. The number of carbonyl (C=O) groups is 2. The van der Waals surface area contributed by atoms with E-state index in [1.54, 1.807) is 0 Å². The van der Waals surface area contributed by atoms with Crippen LogP contribution in [0.25, 0.3) is 0 Å². The van der Waals surface area contributed by atoms with Crippen LogP contribution in [-0.4, -0.2) is 23.5 Å². The maximum atomic E-state index is 12.4. The fraction of sp³-hybridized carbons (Fsp3) is 0.556. The van der Waals surface area contributed by atoms with Gasteiger partial charge in [-0.05, 0) is 43.4 Å². The summed E-state index contributed by atoms with van der Waals surface area (Å²) in [7, 11) is 0. The summed E-state index contributed by atoms with van der Waals surface area (Å²) >= 11 is 5.90. The van der Waals surface area contributed by atoms with Crippen molar-refractivity contribution in [3.8, 4) is 0 Å². The van der Waals surface area contributed by atoms with Crippen LogP contribution in [0.2, 0.25) is 5.02 Å². The Morgan fingerprint density at radius 2 is 1.65 bits per heavy atom. The summed E-state index contributed by atoms with van der Waals surface area (Å²) in [6.45, 7) is 0.688. The lowest BCUT2D eigenvalue weighted by Gasteiger charge is -2.16. The van der Waals surface area contributed by atoms with E-state index in [2.05, 4.69) is 5.32 Å². The van der Waals surface area contributed by atoms with Crippen LogP contribution in [0.15, 0.2) is 24.3 Å². The molecule has 0 atom stereocenters. The molecule has 1 fully saturated rings. The molecular weight excluding hydrogens is 314 g/mol. The van der Waals surface area contributed by atoms with Gasteiger partial charge in [-0.15, -0.1) is 0 Å². The zero-order valence-electron chi connectivity index (χ0n) is 13.3. The van der Waals surface area contributed by atoms with Crippen molar-refractivity contribution in [1.29, 1.82) is 0 Å². The molecule has 5 heteroatoms. The minimum atomic E-state index is -0.728. The first-order valence-electron chi connectivity index (χ1n) is 8.31. The topological polar surface area (TPSA) is 66.4 Å². The summed E-state index contributed by atoms with van der Waals surface area (Å²) in [5.41, 5.74) is 0.708. The van der Waals surface area contributed by atoms with E-state index in [0.717, 1.165) is 50.5 Å². The molecule has 1 amide bonds. The molecule has 0 aliphatic heterocycles. The molecule has 126 valence electrons. The first-order chi connectivity index (χ1) is 11.0. The Kier molecular flexibility index (Phi) is 6.46. The van der Waals surface area contributed by atoms with Crippen molar-refractivity contribution in [2.45, 2.75) is 56.8 Å². The highest BCUT2D eigenvalue weighted by Gasteiger charge is 2.50. The Balaban J connectivity index is 1.63. The van der Waals surface area contributed by atoms with E-state index < -0.39 is 5.97 Å². The molecule has 1 saturated carbocycles. The van der Waals surface area contributed by atoms with E-state index in [9.17, 15) is 9.59 Å². The molecule has 2 N–H and O–H groups in total. The molecule has 0 aromatic heterocycles. The van der Waals surface area contributed by atoms with Gasteiger partial charge in [0.05, 0.1) is 5.41 Å². The summed E-state index contributed by atoms with van der Waals surface area (Å²) in [6.07, 6.45) is 6.71. The SMILES string of the molecule is O=C(O)CCCCCCCNC(=O)C1(c2ccc(Cl)cc2)CC1. The number of carbonyl (C=O) groups excluding carboxylic acids is 1. The minimum Gasteiger partial charge on any atom is -0.481 e. The molecule has 0 saturated heterocycles. The van der Waals surface area contributed by atoms with E-state index in [1.165, 1.54) is 0 Å². The lowest BCUT2D eigenvalue weighted by Crippen LogP contribution is -2.35. The van der Waals surface area contributed by atoms with Crippen LogP contribution in [0.5, 0.6) is 0 Å². The van der Waals surface area contributed by atoms with Crippen molar-refractivity contribution >= 4 is 23.5 Å². The number of nitrogens with one attached hydrogen (secondary N) is 1. The second-order valence-corrected chi connectivity index (χ2v) is 6.69. The van der Waals surface area contributed by atoms with Gasteiger partial charge in [-0.25, -0.2) is 0 Å². The van der Waals surface area contributed by atoms with Gasteiger partial charge in [0.1, 0.15) is 0 Å². The van der Waals surface area contributed by atoms with Gasteiger partial charge in [-0.3, -0.25) is 9.59 Å². The Labute approximate surface area is 142 Å². The minimum absolute atomic E-state index is 0.116. The summed E-state index contributed by atoms with van der Waals surface area (Å²) in [4.78, 5) is 22.8. The van der Waals surface area contributed by atoms with Gasteiger partial charge >= 0.3 is 5.97 Å². The maximum Gasteiger partial charge on any atom is 0.303 e. The van der Waals surface area contributed by atoms with Gasteiger partial charge in [0.2, 0.25) is 5.91 Å². The van der Waals surface area contributed by atoms with Gasteiger partial charge in [0.25, 0.3) is 0 Å². The maximum absolute atomic E-state index is 12.4. The summed E-state index contributed by atoms with van der Waals surface area (Å²) < 4.78 is 0. The van der Waals surface area contributed by atoms with Crippen LogP contribution in [-0.2, 0) is 15.0 Å². The highest BCUT2D eigenvalue weighted by molar-refractivity contribution is 6.30. The first-order valence-corrected chi connectivity index (χ1v) is 8.68. The largest absolute Gasteiger partial charge is 0.481 e. The molecule has 23 heavy (non-hydrogen) atoms. The predicted molar refractivity (Wildman–Crippen MR) is 90.7 cm³/mol. The number of carboxylic acid groups (broad SMARTS) is 1. The lowest BCUT2D eigenvalue weighted by molar-refractivity contribution is -0.137. The van der Waals surface area contributed by atoms with Gasteiger partial charge in [0.15, 0.2) is 0 Å². The van der Waals surface area contributed by atoms with Gasteiger partial charge in [0, 0.05) is 18.0 Å². The van der Waals surface area contributed by atoms with Gasteiger partial charge in [-0.1, -0.05) is 43.0 Å². The van der Waals surface area contributed by atoms with Crippen molar-refractivity contribution in [1.82, 2.24) is 5.32 Å². The smallest absolute Gasteiger partial charge is 0.303 e. The number of amides is 1. The number of unbranched alkanes of at least 4 members (excludes halogenated alkanes) is 4. The van der Waals surface area contributed by atoms with E-state index in [0.29, 0.717) is 11.6 Å². The van der Waals surface area contributed by atoms with Crippen LogP contribution < -0.4 is 5.32 Å². The molecule has 0 spiro atoms. The Bertz CT molecular complexity index is 538. The summed E-state index contributed by atoms with van der Waals surface area (Å²) in [5.74, 6) is -0.611. The number of hydrogen-bond acceptors (Lipinski definition) is 2. The highest BCUT2D eigenvalue weighted by Crippen LogP contribution is 2.48.